The van der Waals surface area contributed by atoms with Crippen LogP contribution in [0.3, 0.4) is 0 Å². The van der Waals surface area contributed by atoms with Gasteiger partial charge in [0.05, 0.1) is 43.1 Å². The summed E-state index contributed by atoms with van der Waals surface area (Å²) in [5.41, 5.74) is 2.99. The van der Waals surface area contributed by atoms with E-state index in [1.54, 1.807) is 66.4 Å². The van der Waals surface area contributed by atoms with Gasteiger partial charge in [0.25, 0.3) is 0 Å². The standard InChI is InChI=1S/C24H20N4O4S/c1-4-14-27(33(3,30)31)19-7-5-6-18(15-19)22-12-13-25-24-21(16-26-28(22)24)23(29)17-8-10-20(32-2)11-9-17/h1,5-13,15-16H,14H2,2-3H3. The quantitative estimate of drug-likeness (QED) is 0.311. The number of aromatic nitrogens is 3. The zero-order valence-corrected chi connectivity index (χ0v) is 18.8. The smallest absolute Gasteiger partial charge is 0.233 e. The average Bonchev–Trinajstić information content (AvgIpc) is 3.26. The fraction of sp³-hybridized carbons (Fsp3) is 0.125. The number of carbonyl (C=O) groups excluding carboxylic acids is 1. The lowest BCUT2D eigenvalue weighted by Gasteiger charge is -2.20. The number of ketones is 1. The summed E-state index contributed by atoms with van der Waals surface area (Å²) in [7, 11) is -2.00. The summed E-state index contributed by atoms with van der Waals surface area (Å²) >= 11 is 0. The molecule has 0 N–H and O–H groups in total. The van der Waals surface area contributed by atoms with Gasteiger partial charge in [0.15, 0.2) is 11.4 Å². The van der Waals surface area contributed by atoms with E-state index in [9.17, 15) is 13.2 Å². The van der Waals surface area contributed by atoms with Crippen LogP contribution in [0.5, 0.6) is 5.75 Å². The summed E-state index contributed by atoms with van der Waals surface area (Å²) in [6.07, 6.45) is 9.53. The number of hydrogen-bond acceptors (Lipinski definition) is 6. The minimum Gasteiger partial charge on any atom is -0.497 e. The maximum Gasteiger partial charge on any atom is 0.233 e. The van der Waals surface area contributed by atoms with Crippen molar-refractivity contribution in [2.75, 3.05) is 24.2 Å². The number of rotatable bonds is 7. The molecule has 0 saturated carbocycles. The lowest BCUT2D eigenvalue weighted by Crippen LogP contribution is -2.30. The van der Waals surface area contributed by atoms with Gasteiger partial charge in [-0.3, -0.25) is 9.10 Å². The van der Waals surface area contributed by atoms with E-state index >= 15 is 0 Å². The zero-order valence-electron chi connectivity index (χ0n) is 18.0. The monoisotopic (exact) mass is 460 g/mol. The van der Waals surface area contributed by atoms with Crippen LogP contribution in [0.25, 0.3) is 16.9 Å². The number of sulfonamides is 1. The Bertz CT molecular complexity index is 1490. The molecule has 9 heteroatoms. The first-order chi connectivity index (χ1) is 15.8. The van der Waals surface area contributed by atoms with Crippen molar-refractivity contribution in [3.05, 3.63) is 78.1 Å². The van der Waals surface area contributed by atoms with Gasteiger partial charge in [-0.2, -0.15) is 5.10 Å². The van der Waals surface area contributed by atoms with Gasteiger partial charge in [-0.05, 0) is 42.5 Å². The van der Waals surface area contributed by atoms with Gasteiger partial charge in [0.2, 0.25) is 10.0 Å². The van der Waals surface area contributed by atoms with Gasteiger partial charge >= 0.3 is 0 Å². The molecule has 166 valence electrons. The maximum atomic E-state index is 13.1. The van der Waals surface area contributed by atoms with Crippen molar-refractivity contribution in [3.8, 4) is 29.4 Å². The lowest BCUT2D eigenvalue weighted by molar-refractivity contribution is 0.104. The van der Waals surface area contributed by atoms with Gasteiger partial charge < -0.3 is 4.74 Å². The number of ether oxygens (including phenoxy) is 1. The van der Waals surface area contributed by atoms with E-state index in [2.05, 4.69) is 16.0 Å². The van der Waals surface area contributed by atoms with Crippen LogP contribution in [0, 0.1) is 12.3 Å². The van der Waals surface area contributed by atoms with E-state index in [4.69, 9.17) is 11.2 Å². The number of benzene rings is 2. The van der Waals surface area contributed by atoms with Crippen molar-refractivity contribution in [3.63, 3.8) is 0 Å². The highest BCUT2D eigenvalue weighted by atomic mass is 32.2. The molecule has 0 aliphatic heterocycles. The Morgan fingerprint density at radius 2 is 1.94 bits per heavy atom. The molecule has 2 heterocycles. The molecule has 0 bridgehead atoms. The second kappa shape index (κ2) is 8.76. The lowest BCUT2D eigenvalue weighted by atomic mass is 10.1. The summed E-state index contributed by atoms with van der Waals surface area (Å²) in [6.45, 7) is -0.0870. The van der Waals surface area contributed by atoms with Gasteiger partial charge in [-0.25, -0.2) is 17.9 Å². The molecule has 0 fully saturated rings. The highest BCUT2D eigenvalue weighted by Gasteiger charge is 2.20. The third-order valence-corrected chi connectivity index (χ3v) is 6.20. The molecule has 0 amide bonds. The molecule has 33 heavy (non-hydrogen) atoms. The number of methoxy groups -OCH3 is 1. The highest BCUT2D eigenvalue weighted by Crippen LogP contribution is 2.27. The van der Waals surface area contributed by atoms with Gasteiger partial charge in [-0.1, -0.05) is 18.1 Å². The van der Waals surface area contributed by atoms with E-state index in [1.807, 2.05) is 6.07 Å². The van der Waals surface area contributed by atoms with Crippen LogP contribution >= 0.6 is 0 Å². The van der Waals surface area contributed by atoms with E-state index in [1.165, 1.54) is 6.20 Å². The summed E-state index contributed by atoms with van der Waals surface area (Å²) in [5, 5.41) is 4.38. The SMILES string of the molecule is C#CCN(c1cccc(-c2ccnc3c(C(=O)c4ccc(OC)cc4)cnn23)c1)S(C)(=O)=O. The summed E-state index contributed by atoms with van der Waals surface area (Å²) < 4.78 is 32.2. The fourth-order valence-corrected chi connectivity index (χ4v) is 4.28. The van der Waals surface area contributed by atoms with Crippen molar-refractivity contribution >= 4 is 27.1 Å². The average molecular weight is 461 g/mol. The number of nitrogens with zero attached hydrogens (tertiary/aromatic N) is 4. The Morgan fingerprint density at radius 1 is 1.18 bits per heavy atom. The van der Waals surface area contributed by atoms with Gasteiger partial charge in [0, 0.05) is 17.3 Å². The number of terminal acetylenes is 1. The maximum absolute atomic E-state index is 13.1. The molecular weight excluding hydrogens is 440 g/mol. The second-order valence-corrected chi connectivity index (χ2v) is 9.11. The Balaban J connectivity index is 1.77. The molecule has 0 atom stereocenters. The van der Waals surface area contributed by atoms with Crippen LogP contribution in [0.4, 0.5) is 5.69 Å². The third kappa shape index (κ3) is 4.29. The van der Waals surface area contributed by atoms with E-state index in [0.29, 0.717) is 39.5 Å². The Morgan fingerprint density at radius 3 is 2.61 bits per heavy atom. The molecule has 0 aliphatic carbocycles. The molecular formula is C24H20N4O4S. The second-order valence-electron chi connectivity index (χ2n) is 7.21. The van der Waals surface area contributed by atoms with Crippen molar-refractivity contribution < 1.29 is 17.9 Å². The van der Waals surface area contributed by atoms with E-state index in [-0.39, 0.29) is 12.3 Å². The summed E-state index contributed by atoms with van der Waals surface area (Å²) in [6, 6.07) is 15.5. The topological polar surface area (TPSA) is 93.9 Å². The van der Waals surface area contributed by atoms with Crippen LogP contribution in [0.15, 0.2) is 67.0 Å². The van der Waals surface area contributed by atoms with Crippen molar-refractivity contribution in [2.45, 2.75) is 0 Å². The predicted octanol–water partition coefficient (Wildman–Crippen LogP) is 3.04. The van der Waals surface area contributed by atoms with Crippen LogP contribution in [0.1, 0.15) is 15.9 Å². The first-order valence-electron chi connectivity index (χ1n) is 9.86. The minimum absolute atomic E-state index is 0.0870. The molecule has 0 aliphatic rings. The Hall–Kier alpha value is -4.16. The Labute approximate surface area is 191 Å². The molecule has 0 saturated heterocycles. The fourth-order valence-electron chi connectivity index (χ4n) is 3.47. The van der Waals surface area contributed by atoms with Crippen molar-refractivity contribution in [1.29, 1.82) is 0 Å². The van der Waals surface area contributed by atoms with Gasteiger partial charge in [0.1, 0.15) is 5.75 Å². The van der Waals surface area contributed by atoms with Crippen LogP contribution in [0.2, 0.25) is 0 Å². The zero-order chi connectivity index (χ0) is 23.6. The molecule has 2 aromatic heterocycles. The summed E-state index contributed by atoms with van der Waals surface area (Å²) in [5.74, 6) is 2.81. The van der Waals surface area contributed by atoms with Crippen molar-refractivity contribution in [1.82, 2.24) is 14.6 Å². The first-order valence-corrected chi connectivity index (χ1v) is 11.7. The number of anilines is 1. The number of fused-ring (bicyclic) bond motifs is 1. The molecule has 4 rings (SSSR count). The molecule has 2 aromatic carbocycles. The van der Waals surface area contributed by atoms with Crippen LogP contribution in [-0.4, -0.2) is 48.7 Å². The normalized spacial score (nSPS) is 11.2. The first kappa shape index (κ1) is 22.0. The van der Waals surface area contributed by atoms with Gasteiger partial charge in [-0.15, -0.1) is 6.42 Å². The van der Waals surface area contributed by atoms with Crippen LogP contribution in [-0.2, 0) is 10.0 Å². The van der Waals surface area contributed by atoms with E-state index < -0.39 is 10.0 Å². The summed E-state index contributed by atoms with van der Waals surface area (Å²) in [4.78, 5) is 17.4. The number of carbonyl (C=O) groups is 1. The molecule has 8 nitrogen and oxygen atoms in total. The molecule has 0 unspecified atom stereocenters. The van der Waals surface area contributed by atoms with Crippen molar-refractivity contribution in [2.24, 2.45) is 0 Å². The number of hydrogen-bond donors (Lipinski definition) is 0. The highest BCUT2D eigenvalue weighted by molar-refractivity contribution is 7.92. The largest absolute Gasteiger partial charge is 0.497 e. The third-order valence-electron chi connectivity index (χ3n) is 5.06. The van der Waals surface area contributed by atoms with Crippen LogP contribution < -0.4 is 9.04 Å². The Kier molecular flexibility index (Phi) is 5.85. The minimum atomic E-state index is -3.56. The predicted molar refractivity (Wildman–Crippen MR) is 126 cm³/mol. The molecule has 0 radical (unpaired) electrons. The van der Waals surface area contributed by atoms with E-state index in [0.717, 1.165) is 10.6 Å². The molecule has 4 aromatic rings. The molecule has 0 spiro atoms.